The van der Waals surface area contributed by atoms with E-state index in [1.165, 1.54) is 33.6 Å². The van der Waals surface area contributed by atoms with Gasteiger partial charge in [0.2, 0.25) is 0 Å². The van der Waals surface area contributed by atoms with E-state index >= 15 is 0 Å². The highest BCUT2D eigenvalue weighted by Gasteiger charge is 2.31. The molecule has 1 aliphatic rings. The highest BCUT2D eigenvalue weighted by atomic mass is 19.4. The second kappa shape index (κ2) is 7.72. The molecule has 5 aromatic rings. The van der Waals surface area contributed by atoms with Crippen LogP contribution in [-0.4, -0.2) is 43.7 Å². The van der Waals surface area contributed by atoms with Crippen LogP contribution in [0.15, 0.2) is 65.7 Å². The lowest BCUT2D eigenvalue weighted by Gasteiger charge is -2.18. The van der Waals surface area contributed by atoms with Crippen LogP contribution in [0.5, 0.6) is 17.2 Å². The van der Waals surface area contributed by atoms with Crippen molar-refractivity contribution >= 4 is 16.7 Å². The first-order valence-corrected chi connectivity index (χ1v) is 10.4. The van der Waals surface area contributed by atoms with E-state index in [9.17, 15) is 18.0 Å². The minimum absolute atomic E-state index is 0.259. The predicted molar refractivity (Wildman–Crippen MR) is 117 cm³/mol. The van der Waals surface area contributed by atoms with Crippen molar-refractivity contribution in [2.45, 2.75) is 6.36 Å². The smallest absolute Gasteiger partial charge is 0.486 e. The highest BCUT2D eigenvalue weighted by Crippen LogP contribution is 2.33. The Hall–Kier alpha value is -4.61. The summed E-state index contributed by atoms with van der Waals surface area (Å²) in [5, 5.41) is 4.78. The Labute approximate surface area is 193 Å². The summed E-state index contributed by atoms with van der Waals surface area (Å²) in [4.78, 5) is 21.9. The lowest BCUT2D eigenvalue weighted by atomic mass is 10.2. The van der Waals surface area contributed by atoms with Crippen LogP contribution in [0.2, 0.25) is 0 Å². The molecule has 4 heterocycles. The fourth-order valence-electron chi connectivity index (χ4n) is 3.84. The zero-order valence-corrected chi connectivity index (χ0v) is 17.7. The van der Waals surface area contributed by atoms with Gasteiger partial charge in [-0.3, -0.25) is 9.36 Å². The molecule has 176 valence electrons. The van der Waals surface area contributed by atoms with E-state index in [2.05, 4.69) is 19.8 Å². The van der Waals surface area contributed by atoms with E-state index in [1.807, 2.05) is 6.07 Å². The van der Waals surface area contributed by atoms with Crippen LogP contribution in [-0.2, 0) is 0 Å². The number of ether oxygens (including phenoxy) is 3. The second-order valence-electron chi connectivity index (χ2n) is 7.60. The van der Waals surface area contributed by atoms with Crippen LogP contribution in [0, 0.1) is 0 Å². The van der Waals surface area contributed by atoms with Gasteiger partial charge in [-0.25, -0.2) is 4.98 Å². The first kappa shape index (κ1) is 21.0. The topological polar surface area (TPSA) is 92.8 Å². The summed E-state index contributed by atoms with van der Waals surface area (Å²) in [5.41, 5.74) is 1.12. The van der Waals surface area contributed by atoms with Gasteiger partial charge in [0.25, 0.3) is 11.3 Å². The van der Waals surface area contributed by atoms with Gasteiger partial charge in [-0.15, -0.1) is 18.3 Å². The molecule has 3 aromatic heterocycles. The van der Waals surface area contributed by atoms with Crippen molar-refractivity contribution in [2.24, 2.45) is 0 Å². The van der Waals surface area contributed by atoms with Crippen molar-refractivity contribution < 1.29 is 27.4 Å². The molecule has 0 fully saturated rings. The van der Waals surface area contributed by atoms with Crippen molar-refractivity contribution in [2.75, 3.05) is 13.2 Å². The number of fused-ring (bicyclic) bond motifs is 4. The maximum atomic E-state index is 13.1. The zero-order valence-electron chi connectivity index (χ0n) is 17.7. The van der Waals surface area contributed by atoms with Gasteiger partial charge in [-0.2, -0.15) is 9.50 Å². The summed E-state index contributed by atoms with van der Waals surface area (Å²) in [6, 6.07) is 12.0. The molecule has 1 aliphatic heterocycles. The number of nitrogens with zero attached hydrogens (tertiary/aromatic N) is 5. The van der Waals surface area contributed by atoms with E-state index in [-0.39, 0.29) is 11.1 Å². The number of halogens is 3. The van der Waals surface area contributed by atoms with E-state index in [4.69, 9.17) is 9.47 Å². The van der Waals surface area contributed by atoms with Crippen LogP contribution in [0.4, 0.5) is 13.2 Å². The molecule has 0 saturated heterocycles. The Morgan fingerprint density at radius 3 is 2.51 bits per heavy atom. The molecular formula is C23H14F3N5O4. The Bertz CT molecular complexity index is 1640. The molecule has 35 heavy (non-hydrogen) atoms. The zero-order chi connectivity index (χ0) is 24.2. The Morgan fingerprint density at radius 2 is 1.74 bits per heavy atom. The fraction of sp³-hybridized carbons (Fsp3) is 0.130. The lowest BCUT2D eigenvalue weighted by molar-refractivity contribution is -0.274. The Kier molecular flexibility index (Phi) is 4.62. The number of alkyl halides is 3. The molecule has 0 atom stereocenters. The van der Waals surface area contributed by atoms with E-state index in [0.717, 1.165) is 12.1 Å². The first-order valence-electron chi connectivity index (χ1n) is 10.4. The molecule has 0 N–H and O–H groups in total. The molecule has 9 nitrogen and oxygen atoms in total. The van der Waals surface area contributed by atoms with Crippen molar-refractivity contribution in [1.82, 2.24) is 24.1 Å². The van der Waals surface area contributed by atoms with Crippen molar-refractivity contribution in [3.05, 3.63) is 71.3 Å². The lowest BCUT2D eigenvalue weighted by Crippen LogP contribution is -2.19. The summed E-state index contributed by atoms with van der Waals surface area (Å²) in [7, 11) is 0. The third-order valence-electron chi connectivity index (χ3n) is 5.38. The van der Waals surface area contributed by atoms with Crippen molar-refractivity contribution in [1.29, 1.82) is 0 Å². The minimum Gasteiger partial charge on any atom is -0.486 e. The molecule has 0 radical (unpaired) electrons. The predicted octanol–water partition coefficient (Wildman–Crippen LogP) is 3.77. The third-order valence-corrected chi connectivity index (χ3v) is 5.38. The molecule has 2 aromatic carbocycles. The average molecular weight is 481 g/mol. The van der Waals surface area contributed by atoms with Crippen LogP contribution in [0.3, 0.4) is 0 Å². The van der Waals surface area contributed by atoms with Crippen LogP contribution in [0.1, 0.15) is 0 Å². The third kappa shape index (κ3) is 3.78. The highest BCUT2D eigenvalue weighted by molar-refractivity contribution is 5.79. The summed E-state index contributed by atoms with van der Waals surface area (Å²) < 4.78 is 55.0. The van der Waals surface area contributed by atoms with Gasteiger partial charge in [0.05, 0.1) is 10.9 Å². The van der Waals surface area contributed by atoms with Gasteiger partial charge >= 0.3 is 6.36 Å². The van der Waals surface area contributed by atoms with E-state index in [1.54, 1.807) is 18.2 Å². The molecule has 12 heteroatoms. The number of aromatic nitrogens is 5. The molecule has 0 amide bonds. The molecule has 0 aliphatic carbocycles. The monoisotopic (exact) mass is 481 g/mol. The SMILES string of the molecule is O=c1c2cnc3nc(-c4ccc5c(c4)OCCO5)nn3c2ccn1-c1ccc(OC(F)(F)F)cc1. The van der Waals surface area contributed by atoms with Gasteiger partial charge in [0, 0.05) is 23.6 Å². The van der Waals surface area contributed by atoms with Crippen LogP contribution in [0.25, 0.3) is 33.8 Å². The van der Waals surface area contributed by atoms with Gasteiger partial charge in [-0.05, 0) is 48.5 Å². The van der Waals surface area contributed by atoms with Gasteiger partial charge < -0.3 is 14.2 Å². The standard InChI is InChI=1S/C23H14F3N5O4/c24-23(25,26)35-15-4-2-14(3-5-15)30-8-7-17-16(21(30)32)12-27-22-28-20(29-31(17)22)13-1-6-18-19(11-13)34-10-9-33-18/h1-8,11-12H,9-10H2. The van der Waals surface area contributed by atoms with Crippen molar-refractivity contribution in [3.8, 4) is 34.3 Å². The largest absolute Gasteiger partial charge is 0.573 e. The number of rotatable bonds is 3. The normalized spacial score (nSPS) is 13.3. The Balaban J connectivity index is 1.39. The average Bonchev–Trinajstić information content (AvgIpc) is 3.29. The number of hydrogen-bond acceptors (Lipinski definition) is 7. The van der Waals surface area contributed by atoms with Gasteiger partial charge in [0.1, 0.15) is 19.0 Å². The number of hydrogen-bond donors (Lipinski definition) is 0. The van der Waals surface area contributed by atoms with Gasteiger partial charge in [-0.1, -0.05) is 0 Å². The Morgan fingerprint density at radius 1 is 0.971 bits per heavy atom. The number of pyridine rings is 1. The van der Waals surface area contributed by atoms with Crippen LogP contribution >= 0.6 is 0 Å². The van der Waals surface area contributed by atoms with E-state index < -0.39 is 11.9 Å². The van der Waals surface area contributed by atoms with Crippen molar-refractivity contribution in [3.63, 3.8) is 0 Å². The molecule has 0 unspecified atom stereocenters. The molecule has 6 rings (SSSR count). The minimum atomic E-state index is -4.80. The maximum Gasteiger partial charge on any atom is 0.573 e. The quantitative estimate of drug-likeness (QED) is 0.387. The summed E-state index contributed by atoms with van der Waals surface area (Å²) in [6.07, 6.45) is -1.89. The first-order chi connectivity index (χ1) is 16.9. The van der Waals surface area contributed by atoms with Crippen LogP contribution < -0.4 is 19.8 Å². The van der Waals surface area contributed by atoms with Gasteiger partial charge in [0.15, 0.2) is 17.3 Å². The molecule has 0 saturated carbocycles. The maximum absolute atomic E-state index is 13.1. The summed E-state index contributed by atoms with van der Waals surface area (Å²) in [5.74, 6) is 1.55. The fourth-order valence-corrected chi connectivity index (χ4v) is 3.84. The second-order valence-corrected chi connectivity index (χ2v) is 7.60. The summed E-state index contributed by atoms with van der Waals surface area (Å²) in [6.45, 7) is 0.934. The number of benzene rings is 2. The molecule has 0 spiro atoms. The van der Waals surface area contributed by atoms with E-state index in [0.29, 0.717) is 53.1 Å². The molecule has 0 bridgehead atoms. The molecular weight excluding hydrogens is 467 g/mol. The summed E-state index contributed by atoms with van der Waals surface area (Å²) >= 11 is 0.